The van der Waals surface area contributed by atoms with E-state index in [-0.39, 0.29) is 43.4 Å². The van der Waals surface area contributed by atoms with Gasteiger partial charge in [0.15, 0.2) is 17.3 Å². The van der Waals surface area contributed by atoms with E-state index >= 15 is 0 Å². The van der Waals surface area contributed by atoms with Crippen LogP contribution in [0.25, 0.3) is 0 Å². The van der Waals surface area contributed by atoms with E-state index in [1.54, 1.807) is 36.4 Å². The Morgan fingerprint density at radius 2 is 1.77 bits per heavy atom. The quantitative estimate of drug-likeness (QED) is 0.595. The van der Waals surface area contributed by atoms with E-state index in [0.717, 1.165) is 0 Å². The standard InChI is InChI=1S/C20H17ClFNO3/c21-16-9-7-15(8-10-16)18(24)11-12-20(25)23-13-3-4-14-26-19-6-2-1-5-17(19)22/h1-2,5-10H,11-14H2,(H,23,25). The summed E-state index contributed by atoms with van der Waals surface area (Å²) in [6, 6.07) is 12.6. The van der Waals surface area contributed by atoms with Gasteiger partial charge in [-0.05, 0) is 36.4 Å². The van der Waals surface area contributed by atoms with Crippen molar-refractivity contribution in [3.8, 4) is 17.6 Å². The highest BCUT2D eigenvalue weighted by Crippen LogP contribution is 2.14. The second-order valence-corrected chi connectivity index (χ2v) is 5.72. The molecule has 26 heavy (non-hydrogen) atoms. The smallest absolute Gasteiger partial charge is 0.221 e. The molecule has 0 atom stereocenters. The van der Waals surface area contributed by atoms with E-state index in [4.69, 9.17) is 16.3 Å². The number of amides is 1. The molecular weight excluding hydrogens is 357 g/mol. The van der Waals surface area contributed by atoms with Crippen LogP contribution in [0.5, 0.6) is 5.75 Å². The number of rotatable bonds is 7. The largest absolute Gasteiger partial charge is 0.478 e. The molecule has 2 aromatic rings. The maximum atomic E-state index is 13.3. The van der Waals surface area contributed by atoms with Gasteiger partial charge in [0.1, 0.15) is 6.61 Å². The molecule has 0 aliphatic rings. The third-order valence-electron chi connectivity index (χ3n) is 3.38. The Balaban J connectivity index is 1.64. The Hall–Kier alpha value is -2.84. The Kier molecular flexibility index (Phi) is 7.66. The normalized spacial score (nSPS) is 9.77. The average Bonchev–Trinajstić information content (AvgIpc) is 2.64. The zero-order chi connectivity index (χ0) is 18.8. The number of carbonyl (C=O) groups is 2. The molecule has 0 heterocycles. The lowest BCUT2D eigenvalue weighted by Crippen LogP contribution is -2.24. The van der Waals surface area contributed by atoms with Gasteiger partial charge in [0.2, 0.25) is 5.91 Å². The number of benzene rings is 2. The molecule has 0 aliphatic carbocycles. The fourth-order valence-electron chi connectivity index (χ4n) is 2.03. The van der Waals surface area contributed by atoms with Crippen molar-refractivity contribution in [2.75, 3.05) is 13.2 Å². The van der Waals surface area contributed by atoms with Gasteiger partial charge in [0.25, 0.3) is 0 Å². The van der Waals surface area contributed by atoms with Crippen LogP contribution < -0.4 is 10.1 Å². The predicted octanol–water partition coefficient (Wildman–Crippen LogP) is 3.64. The summed E-state index contributed by atoms with van der Waals surface area (Å²) in [5.41, 5.74) is 0.521. The van der Waals surface area contributed by atoms with Crippen molar-refractivity contribution in [1.29, 1.82) is 0 Å². The van der Waals surface area contributed by atoms with Crippen LogP contribution in [0.3, 0.4) is 0 Å². The van der Waals surface area contributed by atoms with E-state index in [1.807, 2.05) is 0 Å². The lowest BCUT2D eigenvalue weighted by Gasteiger charge is -2.03. The Labute approximate surface area is 156 Å². The number of para-hydroxylation sites is 1. The number of Topliss-reactive ketones (excluding diaryl/α,β-unsaturated/α-hetero) is 1. The number of ketones is 1. The summed E-state index contributed by atoms with van der Waals surface area (Å²) in [5, 5.41) is 3.15. The van der Waals surface area contributed by atoms with Crippen LogP contribution in [-0.4, -0.2) is 24.8 Å². The van der Waals surface area contributed by atoms with Crippen LogP contribution in [0.2, 0.25) is 5.02 Å². The fraction of sp³-hybridized carbons (Fsp3) is 0.200. The van der Waals surface area contributed by atoms with Gasteiger partial charge in [-0.3, -0.25) is 9.59 Å². The highest BCUT2D eigenvalue weighted by Gasteiger charge is 2.08. The first-order chi connectivity index (χ1) is 12.6. The van der Waals surface area contributed by atoms with Gasteiger partial charge in [-0.15, -0.1) is 0 Å². The molecule has 0 aromatic heterocycles. The second kappa shape index (κ2) is 10.2. The van der Waals surface area contributed by atoms with Crippen LogP contribution in [0.4, 0.5) is 4.39 Å². The molecule has 0 unspecified atom stereocenters. The van der Waals surface area contributed by atoms with Crippen molar-refractivity contribution >= 4 is 23.3 Å². The van der Waals surface area contributed by atoms with Crippen LogP contribution in [0.15, 0.2) is 48.5 Å². The zero-order valence-electron chi connectivity index (χ0n) is 13.9. The SMILES string of the molecule is O=C(CCC(=O)c1ccc(Cl)cc1)NCC#CCOc1ccccc1F. The zero-order valence-corrected chi connectivity index (χ0v) is 14.7. The molecule has 0 aliphatic heterocycles. The minimum atomic E-state index is -0.451. The van der Waals surface area contributed by atoms with Gasteiger partial charge in [-0.2, -0.15) is 0 Å². The van der Waals surface area contributed by atoms with E-state index in [2.05, 4.69) is 17.2 Å². The first kappa shape index (κ1) is 19.5. The molecule has 0 spiro atoms. The highest BCUT2D eigenvalue weighted by molar-refractivity contribution is 6.30. The third kappa shape index (κ3) is 6.58. The number of carbonyl (C=O) groups excluding carboxylic acids is 2. The van der Waals surface area contributed by atoms with Gasteiger partial charge >= 0.3 is 0 Å². The number of ether oxygens (including phenoxy) is 1. The topological polar surface area (TPSA) is 55.4 Å². The molecule has 2 aromatic carbocycles. The minimum Gasteiger partial charge on any atom is -0.478 e. The first-order valence-corrected chi connectivity index (χ1v) is 8.32. The third-order valence-corrected chi connectivity index (χ3v) is 3.63. The van der Waals surface area contributed by atoms with E-state index in [9.17, 15) is 14.0 Å². The number of hydrogen-bond donors (Lipinski definition) is 1. The Morgan fingerprint density at radius 3 is 2.50 bits per heavy atom. The van der Waals surface area contributed by atoms with Crippen LogP contribution in [0.1, 0.15) is 23.2 Å². The van der Waals surface area contributed by atoms with Crippen LogP contribution in [0, 0.1) is 17.7 Å². The van der Waals surface area contributed by atoms with Crippen molar-refractivity contribution in [1.82, 2.24) is 5.32 Å². The van der Waals surface area contributed by atoms with Crippen LogP contribution in [-0.2, 0) is 4.79 Å². The summed E-state index contributed by atoms with van der Waals surface area (Å²) in [4.78, 5) is 23.6. The average molecular weight is 374 g/mol. The second-order valence-electron chi connectivity index (χ2n) is 5.28. The summed E-state index contributed by atoms with van der Waals surface area (Å²) >= 11 is 5.76. The molecule has 0 radical (unpaired) electrons. The number of halogens is 2. The van der Waals surface area contributed by atoms with E-state index < -0.39 is 5.82 Å². The summed E-state index contributed by atoms with van der Waals surface area (Å²) in [7, 11) is 0. The molecule has 0 saturated heterocycles. The monoisotopic (exact) mass is 373 g/mol. The van der Waals surface area contributed by atoms with Gasteiger partial charge in [-0.25, -0.2) is 4.39 Å². The fourth-order valence-corrected chi connectivity index (χ4v) is 2.15. The summed E-state index contributed by atoms with van der Waals surface area (Å²) in [6.07, 6.45) is 0.187. The van der Waals surface area contributed by atoms with Gasteiger partial charge in [0.05, 0.1) is 6.54 Å². The van der Waals surface area contributed by atoms with Gasteiger partial charge < -0.3 is 10.1 Å². The van der Waals surface area contributed by atoms with Crippen molar-refractivity contribution in [2.24, 2.45) is 0 Å². The van der Waals surface area contributed by atoms with Crippen molar-refractivity contribution in [3.05, 3.63) is 64.9 Å². The molecule has 4 nitrogen and oxygen atoms in total. The van der Waals surface area contributed by atoms with Crippen molar-refractivity contribution in [2.45, 2.75) is 12.8 Å². The van der Waals surface area contributed by atoms with Gasteiger partial charge in [-0.1, -0.05) is 35.6 Å². The van der Waals surface area contributed by atoms with Crippen LogP contribution >= 0.6 is 11.6 Å². The number of nitrogens with one attached hydrogen (secondary N) is 1. The lowest BCUT2D eigenvalue weighted by molar-refractivity contribution is -0.120. The Bertz CT molecular complexity index is 825. The van der Waals surface area contributed by atoms with Crippen molar-refractivity contribution < 1.29 is 18.7 Å². The molecule has 1 amide bonds. The Morgan fingerprint density at radius 1 is 1.04 bits per heavy atom. The summed E-state index contributed by atoms with van der Waals surface area (Å²) < 4.78 is 18.5. The molecule has 1 N–H and O–H groups in total. The summed E-state index contributed by atoms with van der Waals surface area (Å²) in [6.45, 7) is 0.153. The molecule has 0 fully saturated rings. The summed E-state index contributed by atoms with van der Waals surface area (Å²) in [5.74, 6) is 4.67. The molecular formula is C20H17ClFNO3. The number of hydrogen-bond acceptors (Lipinski definition) is 3. The predicted molar refractivity (Wildman–Crippen MR) is 97.7 cm³/mol. The molecule has 134 valence electrons. The molecule has 2 rings (SSSR count). The molecule has 0 saturated carbocycles. The van der Waals surface area contributed by atoms with Crippen molar-refractivity contribution in [3.63, 3.8) is 0 Å². The van der Waals surface area contributed by atoms with E-state index in [0.29, 0.717) is 10.6 Å². The molecule has 0 bridgehead atoms. The van der Waals surface area contributed by atoms with Gasteiger partial charge in [0, 0.05) is 23.4 Å². The molecule has 6 heteroatoms. The van der Waals surface area contributed by atoms with E-state index in [1.165, 1.54) is 12.1 Å². The highest BCUT2D eigenvalue weighted by atomic mass is 35.5. The maximum absolute atomic E-state index is 13.3. The first-order valence-electron chi connectivity index (χ1n) is 7.95. The minimum absolute atomic E-state index is 0.0197. The lowest BCUT2D eigenvalue weighted by atomic mass is 10.1. The maximum Gasteiger partial charge on any atom is 0.221 e.